The van der Waals surface area contributed by atoms with E-state index in [1.807, 2.05) is 13.8 Å². The molecule has 7 nitrogen and oxygen atoms in total. The van der Waals surface area contributed by atoms with Gasteiger partial charge in [-0.25, -0.2) is 4.79 Å². The van der Waals surface area contributed by atoms with E-state index in [4.69, 9.17) is 4.74 Å². The minimum absolute atomic E-state index is 0.121. The summed E-state index contributed by atoms with van der Waals surface area (Å²) in [5.41, 5.74) is 0.0982. The summed E-state index contributed by atoms with van der Waals surface area (Å²) in [4.78, 5) is 24.6. The fraction of sp³-hybridized carbons (Fsp3) is 0.600. The van der Waals surface area contributed by atoms with E-state index in [1.165, 1.54) is 12.1 Å². The van der Waals surface area contributed by atoms with Crippen LogP contribution in [0.25, 0.3) is 0 Å². The Morgan fingerprint density at radius 2 is 1.74 bits per heavy atom. The van der Waals surface area contributed by atoms with Crippen molar-refractivity contribution in [1.82, 2.24) is 10.6 Å². The predicted octanol–water partition coefficient (Wildman–Crippen LogP) is 2.35. The van der Waals surface area contributed by atoms with Crippen LogP contribution in [0, 0.1) is 5.92 Å². The number of phenols is 1. The smallest absolute Gasteiger partial charge is 0.414 e. The van der Waals surface area contributed by atoms with Crippen LogP contribution in [0.4, 0.5) is 4.79 Å². The average Bonchev–Trinajstić information content (AvgIpc) is 2.53. The van der Waals surface area contributed by atoms with Crippen LogP contribution in [0.15, 0.2) is 24.3 Å². The third-order valence-electron chi connectivity index (χ3n) is 3.73. The van der Waals surface area contributed by atoms with E-state index < -0.39 is 23.6 Å². The molecule has 1 aromatic carbocycles. The van der Waals surface area contributed by atoms with Gasteiger partial charge in [0.15, 0.2) is 0 Å². The van der Waals surface area contributed by atoms with Gasteiger partial charge in [-0.2, -0.15) is 0 Å². The van der Waals surface area contributed by atoms with Gasteiger partial charge >= 0.3 is 6.09 Å². The Morgan fingerprint density at radius 1 is 1.15 bits per heavy atom. The zero-order valence-electron chi connectivity index (χ0n) is 16.8. The Kier molecular flexibility index (Phi) is 8.72. The number of phenolic OH excluding ortho intramolecular Hbond substituents is 1. The highest BCUT2D eigenvalue weighted by Crippen LogP contribution is 2.13. The summed E-state index contributed by atoms with van der Waals surface area (Å²) in [5.74, 6) is -0.0630. The van der Waals surface area contributed by atoms with Gasteiger partial charge in [-0.1, -0.05) is 26.0 Å². The second-order valence-electron chi connectivity index (χ2n) is 8.09. The number of hydrogen-bond acceptors (Lipinski definition) is 6. The number of aliphatic hydroxyl groups excluding tert-OH is 1. The largest absolute Gasteiger partial charge is 0.508 e. The normalized spacial score (nSPS) is 13.9. The molecule has 0 aliphatic heterocycles. The number of aliphatic hydroxyl groups is 1. The highest BCUT2D eigenvalue weighted by atomic mass is 16.6. The number of imide groups is 1. The summed E-state index contributed by atoms with van der Waals surface area (Å²) in [6, 6.07) is 5.47. The average molecular weight is 380 g/mol. The molecular formula is C20H32N2O5. The van der Waals surface area contributed by atoms with Gasteiger partial charge in [0, 0.05) is 6.04 Å². The van der Waals surface area contributed by atoms with E-state index in [-0.39, 0.29) is 18.4 Å². The van der Waals surface area contributed by atoms with Crippen molar-refractivity contribution in [2.45, 2.75) is 65.1 Å². The van der Waals surface area contributed by atoms with Gasteiger partial charge in [0.25, 0.3) is 0 Å². The molecule has 2 amide bonds. The van der Waals surface area contributed by atoms with E-state index in [9.17, 15) is 19.8 Å². The molecule has 0 aliphatic rings. The SMILES string of the molecule is CC(C)C[C@@H](CO)N[C@@H](Cc1ccc(O)cc1)C(=O)NC(=O)OC(C)(C)C. The minimum atomic E-state index is -0.811. The molecule has 0 aliphatic carbocycles. The molecule has 0 bridgehead atoms. The van der Waals surface area contributed by atoms with Crippen molar-refractivity contribution in [2.24, 2.45) is 5.92 Å². The van der Waals surface area contributed by atoms with Crippen LogP contribution in [0.1, 0.15) is 46.6 Å². The van der Waals surface area contributed by atoms with E-state index in [2.05, 4.69) is 10.6 Å². The van der Waals surface area contributed by atoms with Crippen LogP contribution in [-0.4, -0.2) is 46.5 Å². The molecule has 0 aromatic heterocycles. The molecule has 7 heteroatoms. The number of carbonyl (C=O) groups is 2. The molecule has 0 fully saturated rings. The van der Waals surface area contributed by atoms with E-state index in [0.717, 1.165) is 5.56 Å². The van der Waals surface area contributed by atoms with Gasteiger partial charge in [-0.15, -0.1) is 0 Å². The molecule has 0 spiro atoms. The molecule has 0 heterocycles. The second kappa shape index (κ2) is 10.3. The molecule has 27 heavy (non-hydrogen) atoms. The maximum atomic E-state index is 12.6. The predicted molar refractivity (Wildman–Crippen MR) is 103 cm³/mol. The number of alkyl carbamates (subject to hydrolysis) is 1. The highest BCUT2D eigenvalue weighted by molar-refractivity contribution is 5.95. The number of hydrogen-bond donors (Lipinski definition) is 4. The second-order valence-corrected chi connectivity index (χ2v) is 8.09. The summed E-state index contributed by atoms with van der Waals surface area (Å²) in [6.45, 7) is 9.08. The van der Waals surface area contributed by atoms with Crippen molar-refractivity contribution in [3.63, 3.8) is 0 Å². The summed E-state index contributed by atoms with van der Waals surface area (Å²) in [6.07, 6.45) is 0.167. The Morgan fingerprint density at radius 3 is 2.22 bits per heavy atom. The lowest BCUT2D eigenvalue weighted by Gasteiger charge is -2.26. The van der Waals surface area contributed by atoms with E-state index >= 15 is 0 Å². The first-order valence-electron chi connectivity index (χ1n) is 9.18. The molecular weight excluding hydrogens is 348 g/mol. The maximum absolute atomic E-state index is 12.6. The van der Waals surface area contributed by atoms with Crippen LogP contribution in [-0.2, 0) is 16.0 Å². The molecule has 0 unspecified atom stereocenters. The quantitative estimate of drug-likeness (QED) is 0.551. The van der Waals surface area contributed by atoms with E-state index in [0.29, 0.717) is 18.8 Å². The number of benzene rings is 1. The third-order valence-corrected chi connectivity index (χ3v) is 3.73. The Labute approximate surface area is 161 Å². The minimum Gasteiger partial charge on any atom is -0.508 e. The van der Waals surface area contributed by atoms with Crippen LogP contribution >= 0.6 is 0 Å². The molecule has 1 rings (SSSR count). The standard InChI is InChI=1S/C20H32N2O5/c1-13(2)10-15(12-23)21-17(11-14-6-8-16(24)9-7-14)18(25)22-19(26)27-20(3,4)5/h6-9,13,15,17,21,23-24H,10-12H2,1-5H3,(H,22,25,26)/t15-,17-/m0/s1. The Bertz CT molecular complexity index is 608. The third kappa shape index (κ3) is 9.40. The highest BCUT2D eigenvalue weighted by Gasteiger charge is 2.26. The van der Waals surface area contributed by atoms with Crippen molar-refractivity contribution in [1.29, 1.82) is 0 Å². The number of carbonyl (C=O) groups excluding carboxylic acids is 2. The van der Waals surface area contributed by atoms with Crippen LogP contribution in [0.5, 0.6) is 5.75 Å². The van der Waals surface area contributed by atoms with Gasteiger partial charge < -0.3 is 20.3 Å². The van der Waals surface area contributed by atoms with Gasteiger partial charge in [-0.3, -0.25) is 10.1 Å². The van der Waals surface area contributed by atoms with Crippen LogP contribution in [0.3, 0.4) is 0 Å². The molecule has 0 saturated heterocycles. The van der Waals surface area contributed by atoms with Gasteiger partial charge in [-0.05, 0) is 57.2 Å². The zero-order valence-corrected chi connectivity index (χ0v) is 16.8. The monoisotopic (exact) mass is 380 g/mol. The summed E-state index contributed by atoms with van der Waals surface area (Å²) >= 11 is 0. The van der Waals surface area contributed by atoms with Gasteiger partial charge in [0.2, 0.25) is 5.91 Å². The molecule has 2 atom stereocenters. The fourth-order valence-electron chi connectivity index (χ4n) is 2.64. The number of rotatable bonds is 8. The van der Waals surface area contributed by atoms with Crippen LogP contribution < -0.4 is 10.6 Å². The summed E-state index contributed by atoms with van der Waals surface area (Å²) < 4.78 is 5.14. The molecule has 0 saturated carbocycles. The van der Waals surface area contributed by atoms with Crippen molar-refractivity contribution in [2.75, 3.05) is 6.61 Å². The lowest BCUT2D eigenvalue weighted by Crippen LogP contribution is -2.52. The zero-order chi connectivity index (χ0) is 20.6. The Hall–Kier alpha value is -2.12. The van der Waals surface area contributed by atoms with Crippen LogP contribution in [0.2, 0.25) is 0 Å². The van der Waals surface area contributed by atoms with Crippen molar-refractivity contribution in [3.8, 4) is 5.75 Å². The van der Waals surface area contributed by atoms with Gasteiger partial charge in [0.1, 0.15) is 11.4 Å². The van der Waals surface area contributed by atoms with E-state index in [1.54, 1.807) is 32.9 Å². The molecule has 152 valence electrons. The first-order chi connectivity index (χ1) is 12.5. The topological polar surface area (TPSA) is 108 Å². The molecule has 0 radical (unpaired) electrons. The number of aromatic hydroxyl groups is 1. The van der Waals surface area contributed by atoms with Gasteiger partial charge in [0.05, 0.1) is 12.6 Å². The lowest BCUT2D eigenvalue weighted by atomic mass is 10.0. The van der Waals surface area contributed by atoms with Crippen molar-refractivity contribution < 1.29 is 24.5 Å². The van der Waals surface area contributed by atoms with Crippen molar-refractivity contribution in [3.05, 3.63) is 29.8 Å². The number of ether oxygens (including phenoxy) is 1. The fourth-order valence-corrected chi connectivity index (χ4v) is 2.64. The maximum Gasteiger partial charge on any atom is 0.414 e. The lowest BCUT2D eigenvalue weighted by molar-refractivity contribution is -0.123. The van der Waals surface area contributed by atoms with Crippen molar-refractivity contribution >= 4 is 12.0 Å². The summed E-state index contributed by atoms with van der Waals surface area (Å²) in [7, 11) is 0. The number of nitrogens with one attached hydrogen (secondary N) is 2. The molecule has 4 N–H and O–H groups in total. The molecule has 1 aromatic rings. The summed E-state index contributed by atoms with van der Waals surface area (Å²) in [5, 5.41) is 24.4. The first kappa shape index (κ1) is 22.9. The first-order valence-corrected chi connectivity index (χ1v) is 9.18. The Balaban J connectivity index is 2.89. The number of amides is 2.